The predicted octanol–water partition coefficient (Wildman–Crippen LogP) is 5.45. The Morgan fingerprint density at radius 1 is 0.844 bits per heavy atom. The van der Waals surface area contributed by atoms with Crippen molar-refractivity contribution in [2.75, 3.05) is 6.54 Å². The van der Waals surface area contributed by atoms with Crippen LogP contribution in [0.1, 0.15) is 28.7 Å². The first kappa shape index (κ1) is 21.6. The highest BCUT2D eigenvalue weighted by molar-refractivity contribution is 5.76. The zero-order valence-electron chi connectivity index (χ0n) is 18.7. The summed E-state index contributed by atoms with van der Waals surface area (Å²) in [7, 11) is 0. The molecule has 1 heterocycles. The minimum absolute atomic E-state index is 0.0689. The van der Waals surface area contributed by atoms with Crippen molar-refractivity contribution in [1.82, 2.24) is 15.1 Å². The van der Waals surface area contributed by atoms with Crippen LogP contribution in [0.15, 0.2) is 85.1 Å². The quantitative estimate of drug-likeness (QED) is 0.410. The van der Waals surface area contributed by atoms with Crippen LogP contribution in [-0.4, -0.2) is 22.2 Å². The summed E-state index contributed by atoms with van der Waals surface area (Å²) in [6.07, 6.45) is 3.97. The fourth-order valence-electron chi connectivity index (χ4n) is 3.70. The fourth-order valence-corrected chi connectivity index (χ4v) is 3.70. The molecule has 0 saturated heterocycles. The Kier molecular flexibility index (Phi) is 6.81. The molecule has 4 rings (SSSR count). The number of aryl methyl sites for hydroxylation is 3. The van der Waals surface area contributed by atoms with Crippen molar-refractivity contribution in [1.29, 1.82) is 0 Å². The topological polar surface area (TPSA) is 46.9 Å². The van der Waals surface area contributed by atoms with Gasteiger partial charge in [0.25, 0.3) is 0 Å². The normalized spacial score (nSPS) is 10.8. The van der Waals surface area contributed by atoms with Crippen LogP contribution in [0.3, 0.4) is 0 Å². The third-order valence-corrected chi connectivity index (χ3v) is 5.61. The molecule has 0 aliphatic carbocycles. The van der Waals surface area contributed by atoms with E-state index in [2.05, 4.69) is 67.7 Å². The Hall–Kier alpha value is -3.66. The van der Waals surface area contributed by atoms with E-state index in [0.29, 0.717) is 19.4 Å². The summed E-state index contributed by atoms with van der Waals surface area (Å²) in [6.45, 7) is 4.81. The summed E-state index contributed by atoms with van der Waals surface area (Å²) in [6, 6.07) is 26.9. The van der Waals surface area contributed by atoms with Crippen molar-refractivity contribution >= 4 is 5.91 Å². The molecule has 0 aliphatic heterocycles. The molecule has 1 amide bonds. The Morgan fingerprint density at radius 2 is 1.50 bits per heavy atom. The van der Waals surface area contributed by atoms with Gasteiger partial charge in [-0.15, -0.1) is 0 Å². The number of para-hydroxylation sites is 1. The van der Waals surface area contributed by atoms with Gasteiger partial charge in [0.1, 0.15) is 0 Å². The lowest BCUT2D eigenvalue weighted by molar-refractivity contribution is -0.121. The number of rotatable bonds is 8. The number of nitrogens with one attached hydrogen (secondary N) is 1. The summed E-state index contributed by atoms with van der Waals surface area (Å²) in [5, 5.41) is 7.91. The van der Waals surface area contributed by atoms with Crippen LogP contribution in [0, 0.1) is 13.8 Å². The van der Waals surface area contributed by atoms with Crippen molar-refractivity contribution in [3.63, 3.8) is 0 Å². The van der Waals surface area contributed by atoms with E-state index in [1.54, 1.807) is 0 Å². The zero-order valence-corrected chi connectivity index (χ0v) is 18.7. The number of aromatic nitrogens is 2. The first-order valence-corrected chi connectivity index (χ1v) is 11.1. The molecule has 0 fully saturated rings. The summed E-state index contributed by atoms with van der Waals surface area (Å²) >= 11 is 0. The smallest absolute Gasteiger partial charge is 0.220 e. The van der Waals surface area contributed by atoms with Crippen LogP contribution >= 0.6 is 0 Å². The number of carbonyl (C=O) groups is 1. The van der Waals surface area contributed by atoms with Gasteiger partial charge in [-0.1, -0.05) is 77.9 Å². The third-order valence-electron chi connectivity index (χ3n) is 5.61. The summed E-state index contributed by atoms with van der Waals surface area (Å²) in [5.74, 6) is 0.0689. The van der Waals surface area contributed by atoms with Gasteiger partial charge in [0.05, 0.1) is 11.4 Å². The molecule has 3 aromatic carbocycles. The Labute approximate surface area is 189 Å². The molecule has 0 unspecified atom stereocenters. The molecule has 0 radical (unpaired) electrons. The van der Waals surface area contributed by atoms with E-state index in [1.165, 1.54) is 16.7 Å². The van der Waals surface area contributed by atoms with E-state index in [0.717, 1.165) is 28.9 Å². The minimum Gasteiger partial charge on any atom is -0.356 e. The number of benzene rings is 3. The van der Waals surface area contributed by atoms with E-state index in [4.69, 9.17) is 5.10 Å². The lowest BCUT2D eigenvalue weighted by Gasteiger charge is -2.06. The first-order valence-electron chi connectivity index (χ1n) is 11.1. The third kappa shape index (κ3) is 5.52. The molecule has 0 saturated carbocycles. The molecule has 4 heteroatoms. The average Bonchev–Trinajstić information content (AvgIpc) is 3.24. The Morgan fingerprint density at radius 3 is 2.19 bits per heavy atom. The van der Waals surface area contributed by atoms with E-state index in [9.17, 15) is 4.79 Å². The predicted molar refractivity (Wildman–Crippen MR) is 130 cm³/mol. The largest absolute Gasteiger partial charge is 0.356 e. The summed E-state index contributed by atoms with van der Waals surface area (Å²) in [5.41, 5.74) is 7.79. The van der Waals surface area contributed by atoms with Crippen LogP contribution in [0.5, 0.6) is 0 Å². The van der Waals surface area contributed by atoms with Gasteiger partial charge in [0.15, 0.2) is 0 Å². The SMILES string of the molecule is Cc1ccc(CCNC(=O)CCc2cn(-c3ccccc3)nc2-c2ccc(C)cc2)cc1. The highest BCUT2D eigenvalue weighted by atomic mass is 16.1. The molecule has 0 spiro atoms. The second kappa shape index (κ2) is 10.1. The second-order valence-corrected chi connectivity index (χ2v) is 8.23. The van der Waals surface area contributed by atoms with Gasteiger partial charge in [-0.2, -0.15) is 5.10 Å². The first-order chi connectivity index (χ1) is 15.6. The molecule has 1 N–H and O–H groups in total. The van der Waals surface area contributed by atoms with Gasteiger partial charge in [-0.05, 0) is 49.9 Å². The van der Waals surface area contributed by atoms with Gasteiger partial charge >= 0.3 is 0 Å². The Bertz CT molecular complexity index is 1160. The van der Waals surface area contributed by atoms with Crippen LogP contribution < -0.4 is 5.32 Å². The standard InChI is InChI=1S/C28H29N3O/c1-21-8-12-23(13-9-21)18-19-29-27(32)17-16-25-20-31(26-6-4-3-5-7-26)30-28(25)24-14-10-22(2)11-15-24/h3-15,20H,16-19H2,1-2H3,(H,29,32). The molecule has 0 atom stereocenters. The Balaban J connectivity index is 1.43. The molecule has 0 bridgehead atoms. The van der Waals surface area contributed by atoms with Crippen molar-refractivity contribution in [2.24, 2.45) is 0 Å². The van der Waals surface area contributed by atoms with Crippen molar-refractivity contribution in [3.8, 4) is 16.9 Å². The summed E-state index contributed by atoms with van der Waals surface area (Å²) in [4.78, 5) is 12.5. The minimum atomic E-state index is 0.0689. The molecule has 162 valence electrons. The van der Waals surface area contributed by atoms with Crippen molar-refractivity contribution < 1.29 is 4.79 Å². The lowest BCUT2D eigenvalue weighted by atomic mass is 10.0. The van der Waals surface area contributed by atoms with Gasteiger partial charge < -0.3 is 5.32 Å². The van der Waals surface area contributed by atoms with E-state index in [-0.39, 0.29) is 5.91 Å². The maximum absolute atomic E-state index is 12.5. The molecular formula is C28H29N3O. The van der Waals surface area contributed by atoms with E-state index >= 15 is 0 Å². The van der Waals surface area contributed by atoms with Gasteiger partial charge in [-0.25, -0.2) is 4.68 Å². The molecular weight excluding hydrogens is 394 g/mol. The molecule has 4 aromatic rings. The molecule has 0 aliphatic rings. The number of nitrogens with zero attached hydrogens (tertiary/aromatic N) is 2. The fraction of sp³-hybridized carbons (Fsp3) is 0.214. The number of hydrogen-bond donors (Lipinski definition) is 1. The van der Waals surface area contributed by atoms with E-state index < -0.39 is 0 Å². The molecule has 32 heavy (non-hydrogen) atoms. The van der Waals surface area contributed by atoms with Crippen LogP contribution in [0.25, 0.3) is 16.9 Å². The molecule has 4 nitrogen and oxygen atoms in total. The number of carbonyl (C=O) groups excluding carboxylic acids is 1. The lowest BCUT2D eigenvalue weighted by Crippen LogP contribution is -2.25. The van der Waals surface area contributed by atoms with Gasteiger partial charge in [0, 0.05) is 24.7 Å². The van der Waals surface area contributed by atoms with Crippen molar-refractivity contribution in [2.45, 2.75) is 33.1 Å². The van der Waals surface area contributed by atoms with Gasteiger partial charge in [0.2, 0.25) is 5.91 Å². The van der Waals surface area contributed by atoms with E-state index in [1.807, 2.05) is 41.2 Å². The van der Waals surface area contributed by atoms with Crippen LogP contribution in [0.2, 0.25) is 0 Å². The summed E-state index contributed by atoms with van der Waals surface area (Å²) < 4.78 is 1.90. The monoisotopic (exact) mass is 423 g/mol. The molecule has 1 aromatic heterocycles. The average molecular weight is 424 g/mol. The van der Waals surface area contributed by atoms with Crippen LogP contribution in [0.4, 0.5) is 0 Å². The van der Waals surface area contributed by atoms with Gasteiger partial charge in [-0.3, -0.25) is 4.79 Å². The number of hydrogen-bond acceptors (Lipinski definition) is 2. The van der Waals surface area contributed by atoms with Crippen LogP contribution in [-0.2, 0) is 17.6 Å². The maximum Gasteiger partial charge on any atom is 0.220 e. The zero-order chi connectivity index (χ0) is 22.3. The number of amides is 1. The highest BCUT2D eigenvalue weighted by Gasteiger charge is 2.14. The highest BCUT2D eigenvalue weighted by Crippen LogP contribution is 2.25. The maximum atomic E-state index is 12.5. The second-order valence-electron chi connectivity index (χ2n) is 8.23. The van der Waals surface area contributed by atoms with Crippen molar-refractivity contribution in [3.05, 3.63) is 107 Å².